The van der Waals surface area contributed by atoms with Gasteiger partial charge >= 0.3 is 11.9 Å². The molecule has 0 saturated heterocycles. The van der Waals surface area contributed by atoms with Crippen molar-refractivity contribution in [2.24, 2.45) is 0 Å². The highest BCUT2D eigenvalue weighted by Gasteiger charge is 2.28. The molecular formula is C20H23NO5. The molecule has 138 valence electrons. The molecule has 6 nitrogen and oxygen atoms in total. The van der Waals surface area contributed by atoms with Gasteiger partial charge in [-0.2, -0.15) is 0 Å². The molecule has 0 aliphatic carbocycles. The molecule has 0 aromatic heterocycles. The van der Waals surface area contributed by atoms with E-state index in [1.54, 1.807) is 23.3 Å². The summed E-state index contributed by atoms with van der Waals surface area (Å²) < 4.78 is 15.6. The number of ether oxygens (including phenoxy) is 3. The van der Waals surface area contributed by atoms with Crippen LogP contribution in [0.25, 0.3) is 0 Å². The molecule has 1 aliphatic rings. The van der Waals surface area contributed by atoms with Crippen molar-refractivity contribution in [1.29, 1.82) is 0 Å². The van der Waals surface area contributed by atoms with Gasteiger partial charge in [0.15, 0.2) is 0 Å². The lowest BCUT2D eigenvalue weighted by atomic mass is 10.1. The standard InChI is InChI=1S/C20H23NO5/c1-4-5-14-26-17-12-7-6-11-16(17)21-13-9-8-10-15(19(22)24-2)18(21)20(23)25-3/h6-13H,4-5,14H2,1-3H3. The van der Waals surface area contributed by atoms with Crippen LogP contribution < -0.4 is 9.64 Å². The average molecular weight is 357 g/mol. The quantitative estimate of drug-likeness (QED) is 0.551. The summed E-state index contributed by atoms with van der Waals surface area (Å²) in [6.45, 7) is 2.64. The highest BCUT2D eigenvalue weighted by atomic mass is 16.5. The van der Waals surface area contributed by atoms with Gasteiger partial charge in [-0.1, -0.05) is 31.6 Å². The Bertz CT molecular complexity index is 748. The van der Waals surface area contributed by atoms with E-state index in [4.69, 9.17) is 14.2 Å². The molecular weight excluding hydrogens is 334 g/mol. The first kappa shape index (κ1) is 19.3. The Balaban J connectivity index is 2.55. The molecule has 0 spiro atoms. The van der Waals surface area contributed by atoms with Gasteiger partial charge in [0, 0.05) is 6.20 Å². The smallest absolute Gasteiger partial charge is 0.355 e. The van der Waals surface area contributed by atoms with Gasteiger partial charge in [-0.05, 0) is 30.7 Å². The van der Waals surface area contributed by atoms with E-state index in [2.05, 4.69) is 6.92 Å². The number of hydrogen-bond donors (Lipinski definition) is 0. The number of carbonyl (C=O) groups is 2. The topological polar surface area (TPSA) is 65.1 Å². The summed E-state index contributed by atoms with van der Waals surface area (Å²) >= 11 is 0. The molecule has 0 N–H and O–H groups in total. The Morgan fingerprint density at radius 3 is 2.46 bits per heavy atom. The van der Waals surface area contributed by atoms with E-state index < -0.39 is 11.9 Å². The van der Waals surface area contributed by atoms with Crippen LogP contribution in [0.1, 0.15) is 19.8 Å². The zero-order valence-electron chi connectivity index (χ0n) is 15.2. The Morgan fingerprint density at radius 1 is 1.04 bits per heavy atom. The van der Waals surface area contributed by atoms with E-state index in [0.717, 1.165) is 12.8 Å². The molecule has 1 aromatic carbocycles. The first-order valence-electron chi connectivity index (χ1n) is 8.40. The second-order valence-corrected chi connectivity index (χ2v) is 5.49. The summed E-state index contributed by atoms with van der Waals surface area (Å²) in [6.07, 6.45) is 8.52. The fourth-order valence-corrected chi connectivity index (χ4v) is 2.46. The van der Waals surface area contributed by atoms with Gasteiger partial charge in [0.1, 0.15) is 11.4 Å². The van der Waals surface area contributed by atoms with Crippen molar-refractivity contribution < 1.29 is 23.8 Å². The van der Waals surface area contributed by atoms with Crippen molar-refractivity contribution in [3.8, 4) is 5.75 Å². The molecule has 0 amide bonds. The number of methoxy groups -OCH3 is 2. The number of hydrogen-bond acceptors (Lipinski definition) is 6. The molecule has 0 atom stereocenters. The minimum absolute atomic E-state index is 0.0656. The summed E-state index contributed by atoms with van der Waals surface area (Å²) in [5, 5.41) is 0. The maximum Gasteiger partial charge on any atom is 0.355 e. The van der Waals surface area contributed by atoms with Crippen molar-refractivity contribution in [1.82, 2.24) is 0 Å². The molecule has 0 bridgehead atoms. The second-order valence-electron chi connectivity index (χ2n) is 5.49. The van der Waals surface area contributed by atoms with Gasteiger partial charge in [-0.15, -0.1) is 0 Å². The zero-order chi connectivity index (χ0) is 18.9. The third-order valence-electron chi connectivity index (χ3n) is 3.77. The number of benzene rings is 1. The maximum absolute atomic E-state index is 12.5. The van der Waals surface area contributed by atoms with Gasteiger partial charge in [0.2, 0.25) is 0 Å². The van der Waals surface area contributed by atoms with E-state index in [0.29, 0.717) is 18.0 Å². The van der Waals surface area contributed by atoms with E-state index in [1.165, 1.54) is 20.3 Å². The van der Waals surface area contributed by atoms with Gasteiger partial charge in [-0.3, -0.25) is 0 Å². The SMILES string of the molecule is CCCCOc1ccccc1N1C=CC=CC(C(=O)OC)=C1C(=O)OC. The number of nitrogens with zero attached hydrogens (tertiary/aromatic N) is 1. The van der Waals surface area contributed by atoms with Crippen LogP contribution in [0.5, 0.6) is 5.75 Å². The van der Waals surface area contributed by atoms with Crippen LogP contribution in [-0.2, 0) is 19.1 Å². The molecule has 0 unspecified atom stereocenters. The van der Waals surface area contributed by atoms with E-state index in [9.17, 15) is 9.59 Å². The van der Waals surface area contributed by atoms with Crippen LogP contribution in [-0.4, -0.2) is 32.8 Å². The summed E-state index contributed by atoms with van der Waals surface area (Å²) in [4.78, 5) is 26.2. The van der Waals surface area contributed by atoms with Gasteiger partial charge in [0.05, 0.1) is 32.1 Å². The van der Waals surface area contributed by atoms with Crippen LogP contribution in [0.15, 0.2) is 60.0 Å². The fourth-order valence-electron chi connectivity index (χ4n) is 2.46. The van der Waals surface area contributed by atoms with Gasteiger partial charge in [0.25, 0.3) is 0 Å². The molecule has 6 heteroatoms. The van der Waals surface area contributed by atoms with E-state index >= 15 is 0 Å². The van der Waals surface area contributed by atoms with Crippen molar-refractivity contribution >= 4 is 17.6 Å². The second kappa shape index (κ2) is 9.46. The number of unbranched alkanes of at least 4 members (excludes halogenated alkanes) is 1. The van der Waals surface area contributed by atoms with Gasteiger partial charge < -0.3 is 19.1 Å². The first-order valence-corrected chi connectivity index (χ1v) is 8.40. The molecule has 26 heavy (non-hydrogen) atoms. The minimum atomic E-state index is -0.648. The lowest BCUT2D eigenvalue weighted by Crippen LogP contribution is -2.27. The molecule has 0 fully saturated rings. The van der Waals surface area contributed by atoms with Crippen LogP contribution in [0, 0.1) is 0 Å². The lowest BCUT2D eigenvalue weighted by Gasteiger charge is -2.25. The summed E-state index contributed by atoms with van der Waals surface area (Å²) in [7, 11) is 2.53. The number of esters is 2. The molecule has 2 rings (SSSR count). The number of para-hydroxylation sites is 2. The molecule has 1 aromatic rings. The predicted molar refractivity (Wildman–Crippen MR) is 98.7 cm³/mol. The third kappa shape index (κ3) is 4.33. The zero-order valence-corrected chi connectivity index (χ0v) is 15.2. The highest BCUT2D eigenvalue weighted by Crippen LogP contribution is 2.33. The maximum atomic E-state index is 12.5. The van der Waals surface area contributed by atoms with Gasteiger partial charge in [-0.25, -0.2) is 9.59 Å². The monoisotopic (exact) mass is 357 g/mol. The Hall–Kier alpha value is -3.02. The van der Waals surface area contributed by atoms with Crippen LogP contribution in [0.2, 0.25) is 0 Å². The molecule has 0 saturated carbocycles. The predicted octanol–water partition coefficient (Wildman–Crippen LogP) is 3.36. The first-order chi connectivity index (χ1) is 12.6. The Kier molecular flexibility index (Phi) is 7.02. The Morgan fingerprint density at radius 2 is 1.77 bits per heavy atom. The van der Waals surface area contributed by atoms with Crippen LogP contribution in [0.3, 0.4) is 0 Å². The molecule has 1 aliphatic heterocycles. The summed E-state index contributed by atoms with van der Waals surface area (Å²) in [6, 6.07) is 7.33. The number of rotatable bonds is 7. The van der Waals surface area contributed by atoms with Crippen molar-refractivity contribution in [3.05, 3.63) is 60.0 Å². The normalized spacial score (nSPS) is 13.4. The van der Waals surface area contributed by atoms with Crippen molar-refractivity contribution in [2.45, 2.75) is 19.8 Å². The number of carbonyl (C=O) groups excluding carboxylic acids is 2. The Labute approximate surface area is 153 Å². The van der Waals surface area contributed by atoms with E-state index in [1.807, 2.05) is 24.3 Å². The van der Waals surface area contributed by atoms with E-state index in [-0.39, 0.29) is 11.3 Å². The van der Waals surface area contributed by atoms with Crippen LogP contribution >= 0.6 is 0 Å². The largest absolute Gasteiger partial charge is 0.491 e. The van der Waals surface area contributed by atoms with Crippen LogP contribution in [0.4, 0.5) is 5.69 Å². The highest BCUT2D eigenvalue weighted by molar-refractivity contribution is 6.05. The number of allylic oxidation sites excluding steroid dienone is 2. The summed E-state index contributed by atoms with van der Waals surface area (Å²) in [5.74, 6) is -0.664. The molecule has 0 radical (unpaired) electrons. The third-order valence-corrected chi connectivity index (χ3v) is 3.77. The number of anilines is 1. The minimum Gasteiger partial charge on any atom is -0.491 e. The lowest BCUT2D eigenvalue weighted by molar-refractivity contribution is -0.139. The molecule has 1 heterocycles. The summed E-state index contributed by atoms with van der Waals surface area (Å²) in [5.41, 5.74) is 0.800. The fraction of sp³-hybridized carbons (Fsp3) is 0.300. The van der Waals surface area contributed by atoms with Crippen molar-refractivity contribution in [3.63, 3.8) is 0 Å². The van der Waals surface area contributed by atoms with Crippen molar-refractivity contribution in [2.75, 3.05) is 25.7 Å². The average Bonchev–Trinajstić information content (AvgIpc) is 2.90.